The maximum absolute atomic E-state index is 12.5. The first-order valence-corrected chi connectivity index (χ1v) is 9.86. The first kappa shape index (κ1) is 20.3. The van der Waals surface area contributed by atoms with E-state index in [1.54, 1.807) is 13.0 Å². The number of amides is 1. The predicted molar refractivity (Wildman–Crippen MR) is 94.5 cm³/mol. The molecule has 0 radical (unpaired) electrons. The third-order valence-corrected chi connectivity index (χ3v) is 5.94. The van der Waals surface area contributed by atoms with Gasteiger partial charge in [-0.05, 0) is 43.9 Å². The maximum Gasteiger partial charge on any atom is 0.306 e. The van der Waals surface area contributed by atoms with Crippen molar-refractivity contribution in [2.45, 2.75) is 37.1 Å². The van der Waals surface area contributed by atoms with Crippen LogP contribution in [0.2, 0.25) is 0 Å². The topological polar surface area (TPSA) is 122 Å². The average molecular weight is 384 g/mol. The summed E-state index contributed by atoms with van der Waals surface area (Å²) in [5.41, 5.74) is 0.907. The zero-order chi connectivity index (χ0) is 19.3. The highest BCUT2D eigenvalue weighted by Gasteiger charge is 2.31. The first-order chi connectivity index (χ1) is 12.2. The van der Waals surface area contributed by atoms with Crippen molar-refractivity contribution in [3.8, 4) is 0 Å². The number of benzene rings is 1. The zero-order valence-corrected chi connectivity index (χ0v) is 15.6. The standard InChI is InChI=1S/C17H24N2O6S/c1-11-3-6-14(26(23,24)18-7-8-25-2)10-15(11)16(20)19-13-5-4-12(9-13)17(21)22/h3,6,10,12-13,18H,4-5,7-9H2,1-2H3,(H,19,20)(H,21,22)/t12-,13+/m1/s1. The average Bonchev–Trinajstić information content (AvgIpc) is 3.04. The number of hydrogen-bond donors (Lipinski definition) is 3. The molecule has 1 fully saturated rings. The van der Waals surface area contributed by atoms with Gasteiger partial charge in [-0.3, -0.25) is 9.59 Å². The Kier molecular flexibility index (Phi) is 6.74. The number of rotatable bonds is 8. The molecule has 1 aromatic rings. The molecule has 1 aliphatic carbocycles. The van der Waals surface area contributed by atoms with Crippen LogP contribution in [-0.2, 0) is 19.6 Å². The molecule has 0 spiro atoms. The Morgan fingerprint density at radius 3 is 2.65 bits per heavy atom. The molecular weight excluding hydrogens is 360 g/mol. The van der Waals surface area contributed by atoms with Crippen LogP contribution in [0.5, 0.6) is 0 Å². The third-order valence-electron chi connectivity index (χ3n) is 4.48. The Labute approximate surface area is 153 Å². The molecule has 0 saturated heterocycles. The summed E-state index contributed by atoms with van der Waals surface area (Å²) in [5.74, 6) is -1.70. The van der Waals surface area contributed by atoms with Crippen LogP contribution in [0.25, 0.3) is 0 Å². The van der Waals surface area contributed by atoms with Gasteiger partial charge in [0, 0.05) is 25.3 Å². The van der Waals surface area contributed by atoms with Gasteiger partial charge in [0.1, 0.15) is 0 Å². The van der Waals surface area contributed by atoms with Gasteiger partial charge in [-0.25, -0.2) is 13.1 Å². The zero-order valence-electron chi connectivity index (χ0n) is 14.8. The van der Waals surface area contributed by atoms with Crippen molar-refractivity contribution < 1.29 is 27.9 Å². The van der Waals surface area contributed by atoms with Gasteiger partial charge in [0.2, 0.25) is 10.0 Å². The highest BCUT2D eigenvalue weighted by molar-refractivity contribution is 7.89. The van der Waals surface area contributed by atoms with E-state index in [0.717, 1.165) is 0 Å². The molecular formula is C17H24N2O6S. The summed E-state index contributed by atoms with van der Waals surface area (Å²) in [4.78, 5) is 23.6. The van der Waals surface area contributed by atoms with Crippen molar-refractivity contribution in [3.63, 3.8) is 0 Å². The Bertz CT molecular complexity index is 777. The molecule has 0 bridgehead atoms. The molecule has 26 heavy (non-hydrogen) atoms. The van der Waals surface area contributed by atoms with Gasteiger partial charge in [-0.15, -0.1) is 0 Å². The van der Waals surface area contributed by atoms with E-state index in [4.69, 9.17) is 9.84 Å². The van der Waals surface area contributed by atoms with Gasteiger partial charge < -0.3 is 15.2 Å². The number of nitrogens with one attached hydrogen (secondary N) is 2. The number of carbonyl (C=O) groups excluding carboxylic acids is 1. The second-order valence-electron chi connectivity index (χ2n) is 6.39. The van der Waals surface area contributed by atoms with Crippen LogP contribution in [0.4, 0.5) is 0 Å². The van der Waals surface area contributed by atoms with Crippen LogP contribution in [0.3, 0.4) is 0 Å². The van der Waals surface area contributed by atoms with Gasteiger partial charge in [-0.1, -0.05) is 6.07 Å². The maximum atomic E-state index is 12.5. The van der Waals surface area contributed by atoms with E-state index in [2.05, 4.69) is 10.0 Å². The lowest BCUT2D eigenvalue weighted by molar-refractivity contribution is -0.141. The van der Waals surface area contributed by atoms with E-state index in [0.29, 0.717) is 24.8 Å². The van der Waals surface area contributed by atoms with Gasteiger partial charge >= 0.3 is 5.97 Å². The SMILES string of the molecule is COCCNS(=O)(=O)c1ccc(C)c(C(=O)N[C@H]2CC[C@@H](C(=O)O)C2)c1. The van der Waals surface area contributed by atoms with Crippen LogP contribution in [0.15, 0.2) is 23.1 Å². The Hall–Kier alpha value is -1.97. The Morgan fingerprint density at radius 2 is 2.04 bits per heavy atom. The highest BCUT2D eigenvalue weighted by Crippen LogP contribution is 2.26. The number of aliphatic carboxylic acids is 1. The van der Waals surface area contributed by atoms with Crippen molar-refractivity contribution >= 4 is 21.9 Å². The smallest absolute Gasteiger partial charge is 0.306 e. The number of ether oxygens (including phenoxy) is 1. The van der Waals surface area contributed by atoms with Gasteiger partial charge in [0.05, 0.1) is 17.4 Å². The molecule has 9 heteroatoms. The van der Waals surface area contributed by atoms with Gasteiger partial charge in [0.15, 0.2) is 0 Å². The van der Waals surface area contributed by atoms with E-state index >= 15 is 0 Å². The lowest BCUT2D eigenvalue weighted by Crippen LogP contribution is -2.34. The van der Waals surface area contributed by atoms with Crippen molar-refractivity contribution in [1.82, 2.24) is 10.0 Å². The molecule has 0 aliphatic heterocycles. The number of carboxylic acids is 1. The fourth-order valence-electron chi connectivity index (χ4n) is 2.97. The molecule has 0 aromatic heterocycles. The molecule has 0 unspecified atom stereocenters. The summed E-state index contributed by atoms with van der Waals surface area (Å²) in [7, 11) is -2.27. The van der Waals surface area contributed by atoms with Crippen LogP contribution < -0.4 is 10.0 Å². The molecule has 1 aromatic carbocycles. The minimum Gasteiger partial charge on any atom is -0.481 e. The fraction of sp³-hybridized carbons (Fsp3) is 0.529. The number of carboxylic acid groups (broad SMARTS) is 1. The molecule has 1 saturated carbocycles. The van der Waals surface area contributed by atoms with E-state index in [9.17, 15) is 18.0 Å². The van der Waals surface area contributed by atoms with Crippen molar-refractivity contribution in [3.05, 3.63) is 29.3 Å². The summed E-state index contributed by atoms with van der Waals surface area (Å²) < 4.78 is 31.8. The summed E-state index contributed by atoms with van der Waals surface area (Å²) in [6.45, 7) is 2.09. The summed E-state index contributed by atoms with van der Waals surface area (Å²) >= 11 is 0. The summed E-state index contributed by atoms with van der Waals surface area (Å²) in [6, 6.07) is 4.14. The second-order valence-corrected chi connectivity index (χ2v) is 8.15. The summed E-state index contributed by atoms with van der Waals surface area (Å²) in [5, 5.41) is 11.9. The molecule has 1 aliphatic rings. The normalized spacial score (nSPS) is 20.1. The van der Waals surface area contributed by atoms with Crippen LogP contribution in [-0.4, -0.2) is 51.7 Å². The Balaban J connectivity index is 2.11. The van der Waals surface area contributed by atoms with Crippen molar-refractivity contribution in [1.29, 1.82) is 0 Å². The predicted octanol–water partition coefficient (Wildman–Crippen LogP) is 0.903. The quantitative estimate of drug-likeness (QED) is 0.573. The van der Waals surface area contributed by atoms with Crippen LogP contribution in [0, 0.1) is 12.8 Å². The number of sulfonamides is 1. The number of aryl methyl sites for hydroxylation is 1. The van der Waals surface area contributed by atoms with Gasteiger partial charge in [-0.2, -0.15) is 0 Å². The highest BCUT2D eigenvalue weighted by atomic mass is 32.2. The lowest BCUT2D eigenvalue weighted by atomic mass is 10.1. The monoisotopic (exact) mass is 384 g/mol. The third kappa shape index (κ3) is 5.03. The van der Waals surface area contributed by atoms with E-state index in [1.807, 2.05) is 0 Å². The van der Waals surface area contributed by atoms with Gasteiger partial charge in [0.25, 0.3) is 5.91 Å². The van der Waals surface area contributed by atoms with E-state index < -0.39 is 27.8 Å². The van der Waals surface area contributed by atoms with E-state index in [-0.39, 0.29) is 29.7 Å². The minimum atomic E-state index is -3.74. The van der Waals surface area contributed by atoms with Crippen LogP contribution >= 0.6 is 0 Å². The Morgan fingerprint density at radius 1 is 1.31 bits per heavy atom. The number of methoxy groups -OCH3 is 1. The number of carbonyl (C=O) groups is 2. The molecule has 0 heterocycles. The summed E-state index contributed by atoms with van der Waals surface area (Å²) in [6.07, 6.45) is 1.51. The first-order valence-electron chi connectivity index (χ1n) is 8.37. The molecule has 3 N–H and O–H groups in total. The van der Waals surface area contributed by atoms with E-state index in [1.165, 1.54) is 19.2 Å². The molecule has 1 amide bonds. The van der Waals surface area contributed by atoms with Crippen molar-refractivity contribution in [2.75, 3.05) is 20.3 Å². The molecule has 144 valence electrons. The molecule has 8 nitrogen and oxygen atoms in total. The lowest BCUT2D eigenvalue weighted by Gasteiger charge is -2.15. The number of hydrogen-bond acceptors (Lipinski definition) is 5. The molecule has 2 rings (SSSR count). The fourth-order valence-corrected chi connectivity index (χ4v) is 4.01. The minimum absolute atomic E-state index is 0.000752. The van der Waals surface area contributed by atoms with Crippen LogP contribution in [0.1, 0.15) is 35.2 Å². The second kappa shape index (κ2) is 8.61. The molecule has 2 atom stereocenters. The largest absolute Gasteiger partial charge is 0.481 e. The van der Waals surface area contributed by atoms with Crippen molar-refractivity contribution in [2.24, 2.45) is 5.92 Å².